The van der Waals surface area contributed by atoms with Crippen LogP contribution in [0.1, 0.15) is 31.2 Å². The molecule has 0 aliphatic heterocycles. The molecule has 0 spiro atoms. The number of nitrogens with zero attached hydrogens (tertiary/aromatic N) is 2. The van der Waals surface area contributed by atoms with Crippen LogP contribution < -0.4 is 0 Å². The Hall–Kier alpha value is -0.640. The maximum atomic E-state index is 9.97. The molecule has 18 heavy (non-hydrogen) atoms. The van der Waals surface area contributed by atoms with E-state index in [1.165, 1.54) is 18.4 Å². The van der Waals surface area contributed by atoms with E-state index in [2.05, 4.69) is 16.9 Å². The van der Waals surface area contributed by atoms with Crippen molar-refractivity contribution in [3.63, 3.8) is 0 Å². The lowest BCUT2D eigenvalue weighted by Gasteiger charge is -2.31. The highest BCUT2D eigenvalue weighted by molar-refractivity contribution is 6.29. The second-order valence-corrected chi connectivity index (χ2v) is 5.68. The van der Waals surface area contributed by atoms with Crippen molar-refractivity contribution >= 4 is 11.6 Å². The van der Waals surface area contributed by atoms with Crippen molar-refractivity contribution in [3.8, 4) is 0 Å². The van der Waals surface area contributed by atoms with Crippen molar-refractivity contribution in [1.82, 2.24) is 9.88 Å². The average molecular weight is 269 g/mol. The third-order valence-electron chi connectivity index (χ3n) is 3.66. The summed E-state index contributed by atoms with van der Waals surface area (Å²) in [6.45, 7) is 1.80. The van der Waals surface area contributed by atoms with Gasteiger partial charge in [-0.15, -0.1) is 0 Å². The molecular formula is C14H21ClN2O. The summed E-state index contributed by atoms with van der Waals surface area (Å²) in [5.41, 5.74) is 1.17. The van der Waals surface area contributed by atoms with Gasteiger partial charge in [-0.1, -0.05) is 24.4 Å². The van der Waals surface area contributed by atoms with Gasteiger partial charge in [-0.3, -0.25) is 0 Å². The SMILES string of the molecule is CN(Cc1ccnc(Cl)c1)CC1CCCCC1O. The highest BCUT2D eigenvalue weighted by atomic mass is 35.5. The molecule has 100 valence electrons. The van der Waals surface area contributed by atoms with Gasteiger partial charge in [0.15, 0.2) is 0 Å². The molecule has 0 saturated heterocycles. The summed E-state index contributed by atoms with van der Waals surface area (Å²) in [4.78, 5) is 6.24. The van der Waals surface area contributed by atoms with E-state index < -0.39 is 0 Å². The van der Waals surface area contributed by atoms with Gasteiger partial charge < -0.3 is 10.0 Å². The van der Waals surface area contributed by atoms with Crippen molar-refractivity contribution < 1.29 is 5.11 Å². The fourth-order valence-electron chi connectivity index (χ4n) is 2.72. The predicted octanol–water partition coefficient (Wildman–Crippen LogP) is 2.72. The molecule has 1 aliphatic rings. The molecule has 4 heteroatoms. The number of rotatable bonds is 4. The second-order valence-electron chi connectivity index (χ2n) is 5.30. The van der Waals surface area contributed by atoms with Gasteiger partial charge in [0.1, 0.15) is 5.15 Å². The maximum absolute atomic E-state index is 9.97. The summed E-state index contributed by atoms with van der Waals surface area (Å²) in [5.74, 6) is 0.418. The van der Waals surface area contributed by atoms with Crippen molar-refractivity contribution in [2.24, 2.45) is 5.92 Å². The number of aliphatic hydroxyl groups excluding tert-OH is 1. The van der Waals surface area contributed by atoms with Gasteiger partial charge in [0.2, 0.25) is 0 Å². The van der Waals surface area contributed by atoms with Crippen molar-refractivity contribution in [2.75, 3.05) is 13.6 Å². The Bertz CT molecular complexity index is 386. The summed E-state index contributed by atoms with van der Waals surface area (Å²) < 4.78 is 0. The molecule has 0 aromatic carbocycles. The van der Waals surface area contributed by atoms with Crippen LogP contribution >= 0.6 is 11.6 Å². The van der Waals surface area contributed by atoms with E-state index >= 15 is 0 Å². The predicted molar refractivity (Wildman–Crippen MR) is 73.5 cm³/mol. The molecule has 0 amide bonds. The number of aliphatic hydroxyl groups is 1. The monoisotopic (exact) mass is 268 g/mol. The third-order valence-corrected chi connectivity index (χ3v) is 3.87. The molecular weight excluding hydrogens is 248 g/mol. The summed E-state index contributed by atoms with van der Waals surface area (Å²) in [5, 5.41) is 10.5. The minimum atomic E-state index is -0.123. The minimum Gasteiger partial charge on any atom is -0.393 e. The molecule has 1 aliphatic carbocycles. The molecule has 2 unspecified atom stereocenters. The second kappa shape index (κ2) is 6.50. The van der Waals surface area contributed by atoms with E-state index in [1.54, 1.807) is 6.20 Å². The lowest BCUT2D eigenvalue weighted by molar-refractivity contribution is 0.0502. The molecule has 0 bridgehead atoms. The molecule has 1 saturated carbocycles. The van der Waals surface area contributed by atoms with Gasteiger partial charge in [0, 0.05) is 19.3 Å². The molecule has 2 rings (SSSR count). The molecule has 0 radical (unpaired) electrons. The van der Waals surface area contributed by atoms with E-state index in [-0.39, 0.29) is 6.10 Å². The lowest BCUT2D eigenvalue weighted by atomic mass is 9.86. The average Bonchev–Trinajstić information content (AvgIpc) is 2.32. The van der Waals surface area contributed by atoms with Gasteiger partial charge in [0.25, 0.3) is 0 Å². The van der Waals surface area contributed by atoms with Crippen molar-refractivity contribution in [2.45, 2.75) is 38.3 Å². The Morgan fingerprint density at radius 3 is 2.94 bits per heavy atom. The lowest BCUT2D eigenvalue weighted by Crippen LogP contribution is -2.34. The van der Waals surface area contributed by atoms with E-state index in [9.17, 15) is 5.11 Å². The normalized spacial score (nSPS) is 24.4. The van der Waals surface area contributed by atoms with E-state index in [0.717, 1.165) is 25.9 Å². The molecule has 1 N–H and O–H groups in total. The van der Waals surface area contributed by atoms with Crippen LogP contribution in [-0.2, 0) is 6.54 Å². The molecule has 1 aromatic rings. The summed E-state index contributed by atoms with van der Waals surface area (Å²) >= 11 is 5.87. The van der Waals surface area contributed by atoms with Crippen LogP contribution in [0.5, 0.6) is 0 Å². The molecule has 1 aromatic heterocycles. The van der Waals surface area contributed by atoms with Crippen LogP contribution in [0.25, 0.3) is 0 Å². The van der Waals surface area contributed by atoms with Crippen LogP contribution in [0.15, 0.2) is 18.3 Å². The highest BCUT2D eigenvalue weighted by Crippen LogP contribution is 2.25. The van der Waals surface area contributed by atoms with Crippen molar-refractivity contribution in [1.29, 1.82) is 0 Å². The van der Waals surface area contributed by atoms with Crippen LogP contribution in [0.3, 0.4) is 0 Å². The topological polar surface area (TPSA) is 36.4 Å². The summed E-state index contributed by atoms with van der Waals surface area (Å²) in [6, 6.07) is 3.88. The zero-order valence-electron chi connectivity index (χ0n) is 10.8. The Kier molecular flexibility index (Phi) is 4.98. The van der Waals surface area contributed by atoms with Gasteiger partial charge >= 0.3 is 0 Å². The van der Waals surface area contributed by atoms with E-state index in [1.807, 2.05) is 12.1 Å². The Labute approximate surface area is 114 Å². The Morgan fingerprint density at radius 2 is 2.22 bits per heavy atom. The number of pyridine rings is 1. The summed E-state index contributed by atoms with van der Waals surface area (Å²) in [7, 11) is 2.09. The van der Waals surface area contributed by atoms with Gasteiger partial charge in [0.05, 0.1) is 6.10 Å². The van der Waals surface area contributed by atoms with E-state index in [4.69, 9.17) is 11.6 Å². The molecule has 1 heterocycles. The fourth-order valence-corrected chi connectivity index (χ4v) is 2.92. The van der Waals surface area contributed by atoms with Gasteiger partial charge in [-0.25, -0.2) is 4.98 Å². The third kappa shape index (κ3) is 3.94. The number of halogens is 1. The Morgan fingerprint density at radius 1 is 1.44 bits per heavy atom. The van der Waals surface area contributed by atoms with Crippen molar-refractivity contribution in [3.05, 3.63) is 29.0 Å². The Balaban J connectivity index is 1.86. The number of hydrogen-bond acceptors (Lipinski definition) is 3. The van der Waals surface area contributed by atoms with Gasteiger partial charge in [-0.05, 0) is 43.5 Å². The maximum Gasteiger partial charge on any atom is 0.129 e. The van der Waals surface area contributed by atoms with Crippen LogP contribution in [0, 0.1) is 5.92 Å². The van der Waals surface area contributed by atoms with Gasteiger partial charge in [-0.2, -0.15) is 0 Å². The zero-order chi connectivity index (χ0) is 13.0. The first kappa shape index (κ1) is 13.8. The standard InChI is InChI=1S/C14H21ClN2O/c1-17(9-11-6-7-16-14(15)8-11)10-12-4-2-3-5-13(12)18/h6-8,12-13,18H,2-5,9-10H2,1H3. The first-order chi connectivity index (χ1) is 8.65. The van der Waals surface area contributed by atoms with Crippen LogP contribution in [-0.4, -0.2) is 34.7 Å². The molecule has 1 fully saturated rings. The molecule has 2 atom stereocenters. The zero-order valence-corrected chi connectivity index (χ0v) is 11.6. The number of aromatic nitrogens is 1. The quantitative estimate of drug-likeness (QED) is 0.853. The van der Waals surface area contributed by atoms with Crippen LogP contribution in [0.2, 0.25) is 5.15 Å². The minimum absolute atomic E-state index is 0.123. The van der Waals surface area contributed by atoms with E-state index in [0.29, 0.717) is 11.1 Å². The first-order valence-corrected chi connectivity index (χ1v) is 7.00. The highest BCUT2D eigenvalue weighted by Gasteiger charge is 2.23. The molecule has 3 nitrogen and oxygen atoms in total. The fraction of sp³-hybridized carbons (Fsp3) is 0.643. The summed E-state index contributed by atoms with van der Waals surface area (Å²) in [6.07, 6.45) is 6.13. The van der Waals surface area contributed by atoms with Crippen LogP contribution in [0.4, 0.5) is 0 Å². The number of hydrogen-bond donors (Lipinski definition) is 1. The first-order valence-electron chi connectivity index (χ1n) is 6.62. The smallest absolute Gasteiger partial charge is 0.129 e. The largest absolute Gasteiger partial charge is 0.393 e.